The highest BCUT2D eigenvalue weighted by Crippen LogP contribution is 2.19. The summed E-state index contributed by atoms with van der Waals surface area (Å²) in [6.45, 7) is 0.0790. The first-order valence-electron chi connectivity index (χ1n) is 5.42. The van der Waals surface area contributed by atoms with E-state index in [0.29, 0.717) is 5.69 Å². The third kappa shape index (κ3) is 2.91. The van der Waals surface area contributed by atoms with E-state index in [4.69, 9.17) is 5.73 Å². The summed E-state index contributed by atoms with van der Waals surface area (Å²) in [7, 11) is -2.08. The van der Waals surface area contributed by atoms with Crippen LogP contribution in [0.15, 0.2) is 35.4 Å². The molecule has 0 saturated heterocycles. The zero-order valence-electron chi connectivity index (χ0n) is 10.2. The second kappa shape index (κ2) is 4.98. The average Bonchev–Trinajstić information content (AvgIpc) is 2.72. The van der Waals surface area contributed by atoms with Gasteiger partial charge in [-0.25, -0.2) is 17.5 Å². The number of rotatable bonds is 4. The Morgan fingerprint density at radius 3 is 2.74 bits per heavy atom. The lowest BCUT2D eigenvalue weighted by Crippen LogP contribution is -2.25. The molecule has 0 aliphatic rings. The molecule has 0 amide bonds. The summed E-state index contributed by atoms with van der Waals surface area (Å²) in [6, 6.07) is 4.85. The number of aryl methyl sites for hydroxylation is 1. The molecule has 1 heterocycles. The second-order valence-electron chi connectivity index (χ2n) is 3.95. The van der Waals surface area contributed by atoms with Crippen molar-refractivity contribution in [1.29, 1.82) is 0 Å². The number of hydrogen-bond donors (Lipinski definition) is 2. The van der Waals surface area contributed by atoms with E-state index in [-0.39, 0.29) is 17.1 Å². The molecule has 2 rings (SSSR count). The van der Waals surface area contributed by atoms with Crippen molar-refractivity contribution in [2.75, 3.05) is 5.73 Å². The van der Waals surface area contributed by atoms with Crippen molar-refractivity contribution in [1.82, 2.24) is 14.5 Å². The first-order valence-corrected chi connectivity index (χ1v) is 6.90. The fraction of sp³-hybridized carbons (Fsp3) is 0.182. The minimum Gasteiger partial charge on any atom is -0.398 e. The lowest BCUT2D eigenvalue weighted by atomic mass is 10.3. The van der Waals surface area contributed by atoms with Crippen LogP contribution in [0.5, 0.6) is 0 Å². The van der Waals surface area contributed by atoms with Crippen molar-refractivity contribution in [3.8, 4) is 0 Å². The summed E-state index contributed by atoms with van der Waals surface area (Å²) >= 11 is 0. The van der Waals surface area contributed by atoms with Gasteiger partial charge in [0.05, 0.1) is 17.9 Å². The maximum absolute atomic E-state index is 12.9. The molecule has 0 saturated carbocycles. The Balaban J connectivity index is 2.21. The topological polar surface area (TPSA) is 90.0 Å². The molecule has 8 heteroatoms. The van der Waals surface area contributed by atoms with Gasteiger partial charge in [-0.2, -0.15) is 5.10 Å². The van der Waals surface area contributed by atoms with E-state index >= 15 is 0 Å². The molecule has 2 aromatic rings. The number of nitrogens with two attached hydrogens (primary N) is 1. The van der Waals surface area contributed by atoms with Crippen LogP contribution in [0.3, 0.4) is 0 Å². The van der Waals surface area contributed by atoms with Crippen LogP contribution in [0.2, 0.25) is 0 Å². The Labute approximate surface area is 110 Å². The van der Waals surface area contributed by atoms with E-state index in [1.165, 1.54) is 0 Å². The lowest BCUT2D eigenvalue weighted by Gasteiger charge is -2.09. The number of benzene rings is 1. The van der Waals surface area contributed by atoms with Crippen LogP contribution in [0.25, 0.3) is 0 Å². The highest BCUT2D eigenvalue weighted by molar-refractivity contribution is 7.89. The van der Waals surface area contributed by atoms with E-state index < -0.39 is 15.8 Å². The number of hydrogen-bond acceptors (Lipinski definition) is 4. The van der Waals surface area contributed by atoms with E-state index in [1.54, 1.807) is 24.0 Å². The van der Waals surface area contributed by atoms with E-state index in [2.05, 4.69) is 9.82 Å². The SMILES string of the molecule is Cn1nccc1CNS(=O)(=O)c1ccc(F)cc1N. The van der Waals surface area contributed by atoms with Gasteiger partial charge in [-0.3, -0.25) is 4.68 Å². The Morgan fingerprint density at radius 1 is 1.42 bits per heavy atom. The summed E-state index contributed by atoms with van der Waals surface area (Å²) in [5.74, 6) is -0.580. The van der Waals surface area contributed by atoms with Crippen molar-refractivity contribution in [3.05, 3.63) is 42.0 Å². The number of nitrogens with zero attached hydrogens (tertiary/aromatic N) is 2. The summed E-state index contributed by atoms with van der Waals surface area (Å²) in [5.41, 5.74) is 6.08. The molecule has 19 heavy (non-hydrogen) atoms. The van der Waals surface area contributed by atoms with Gasteiger partial charge in [0, 0.05) is 13.2 Å². The fourth-order valence-corrected chi connectivity index (χ4v) is 2.70. The zero-order chi connectivity index (χ0) is 14.0. The Bertz CT molecular complexity index is 696. The monoisotopic (exact) mass is 284 g/mol. The van der Waals surface area contributed by atoms with Crippen molar-refractivity contribution in [2.45, 2.75) is 11.4 Å². The molecule has 1 aromatic carbocycles. The molecule has 0 spiro atoms. The normalized spacial score (nSPS) is 11.7. The van der Waals surface area contributed by atoms with Gasteiger partial charge in [-0.1, -0.05) is 0 Å². The summed E-state index contributed by atoms with van der Waals surface area (Å²) in [5, 5.41) is 3.93. The fourth-order valence-electron chi connectivity index (χ4n) is 1.59. The van der Waals surface area contributed by atoms with Gasteiger partial charge < -0.3 is 5.73 Å². The van der Waals surface area contributed by atoms with Crippen LogP contribution < -0.4 is 10.5 Å². The number of nitrogens with one attached hydrogen (secondary N) is 1. The maximum atomic E-state index is 12.9. The van der Waals surface area contributed by atoms with Gasteiger partial charge in [0.25, 0.3) is 0 Å². The van der Waals surface area contributed by atoms with Crippen LogP contribution in [0.1, 0.15) is 5.69 Å². The molecular formula is C11H13FN4O2S. The number of anilines is 1. The summed E-state index contributed by atoms with van der Waals surface area (Å²) < 4.78 is 40.9. The zero-order valence-corrected chi connectivity index (χ0v) is 11.0. The lowest BCUT2D eigenvalue weighted by molar-refractivity contribution is 0.577. The Morgan fingerprint density at radius 2 is 2.16 bits per heavy atom. The maximum Gasteiger partial charge on any atom is 0.242 e. The molecular weight excluding hydrogens is 271 g/mol. The molecule has 3 N–H and O–H groups in total. The summed E-state index contributed by atoms with van der Waals surface area (Å²) in [4.78, 5) is -0.143. The van der Waals surface area contributed by atoms with Crippen molar-refractivity contribution in [3.63, 3.8) is 0 Å². The minimum atomic E-state index is -3.78. The first-order chi connectivity index (χ1) is 8.90. The molecule has 102 valence electrons. The standard InChI is InChI=1S/C11H13FN4O2S/c1-16-9(4-5-14-16)7-15-19(17,18)11-3-2-8(12)6-10(11)13/h2-6,15H,7,13H2,1H3. The quantitative estimate of drug-likeness (QED) is 0.805. The molecule has 1 aromatic heterocycles. The van der Waals surface area contributed by atoms with E-state index in [0.717, 1.165) is 18.2 Å². The van der Waals surface area contributed by atoms with Gasteiger partial charge in [0.15, 0.2) is 0 Å². The van der Waals surface area contributed by atoms with E-state index in [9.17, 15) is 12.8 Å². The van der Waals surface area contributed by atoms with Crippen LogP contribution in [-0.2, 0) is 23.6 Å². The minimum absolute atomic E-state index is 0.0790. The third-order valence-electron chi connectivity index (χ3n) is 2.63. The molecule has 0 fully saturated rings. The van der Waals surface area contributed by atoms with Crippen LogP contribution in [0.4, 0.5) is 10.1 Å². The Kier molecular flexibility index (Phi) is 3.54. The molecule has 0 aliphatic heterocycles. The highest BCUT2D eigenvalue weighted by Gasteiger charge is 2.18. The molecule has 0 bridgehead atoms. The average molecular weight is 284 g/mol. The second-order valence-corrected chi connectivity index (χ2v) is 5.69. The van der Waals surface area contributed by atoms with Crippen LogP contribution in [0, 0.1) is 5.82 Å². The molecule has 0 atom stereocenters. The van der Waals surface area contributed by atoms with Gasteiger partial charge in [-0.15, -0.1) is 0 Å². The van der Waals surface area contributed by atoms with Gasteiger partial charge in [0.2, 0.25) is 10.0 Å². The predicted octanol–water partition coefficient (Wildman–Crippen LogP) is 0.620. The molecule has 0 radical (unpaired) electrons. The van der Waals surface area contributed by atoms with E-state index in [1.807, 2.05) is 0 Å². The van der Waals surface area contributed by atoms with Crippen LogP contribution >= 0.6 is 0 Å². The van der Waals surface area contributed by atoms with Crippen molar-refractivity contribution < 1.29 is 12.8 Å². The predicted molar refractivity (Wildman–Crippen MR) is 68.0 cm³/mol. The smallest absolute Gasteiger partial charge is 0.242 e. The number of aromatic nitrogens is 2. The number of nitrogen functional groups attached to an aromatic ring is 1. The molecule has 0 unspecified atom stereocenters. The highest BCUT2D eigenvalue weighted by atomic mass is 32.2. The molecule has 0 aliphatic carbocycles. The molecule has 6 nitrogen and oxygen atoms in total. The van der Waals surface area contributed by atoms with Gasteiger partial charge in [-0.05, 0) is 24.3 Å². The number of halogens is 1. The third-order valence-corrected chi connectivity index (χ3v) is 4.10. The van der Waals surface area contributed by atoms with Gasteiger partial charge in [0.1, 0.15) is 10.7 Å². The van der Waals surface area contributed by atoms with Crippen molar-refractivity contribution in [2.24, 2.45) is 7.05 Å². The largest absolute Gasteiger partial charge is 0.398 e. The van der Waals surface area contributed by atoms with Crippen molar-refractivity contribution >= 4 is 15.7 Å². The van der Waals surface area contributed by atoms with Gasteiger partial charge >= 0.3 is 0 Å². The van der Waals surface area contributed by atoms with Crippen LogP contribution in [-0.4, -0.2) is 18.2 Å². The first kappa shape index (κ1) is 13.5. The number of sulfonamides is 1. The Hall–Kier alpha value is -1.93. The summed E-state index contributed by atoms with van der Waals surface area (Å²) in [6.07, 6.45) is 1.57.